The molecule has 1 aromatic carbocycles. The number of amides is 1. The Hall–Kier alpha value is -3.49. The zero-order valence-electron chi connectivity index (χ0n) is 16.2. The highest BCUT2D eigenvalue weighted by Crippen LogP contribution is 2.18. The first-order valence-electron chi connectivity index (χ1n) is 8.88. The summed E-state index contributed by atoms with van der Waals surface area (Å²) in [7, 11) is 0. The molecule has 0 aliphatic heterocycles. The second-order valence-corrected chi connectivity index (χ2v) is 7.08. The smallest absolute Gasteiger partial charge is 0.357 e. The summed E-state index contributed by atoms with van der Waals surface area (Å²) >= 11 is 0. The first-order chi connectivity index (χ1) is 13.3. The summed E-state index contributed by atoms with van der Waals surface area (Å²) < 4.78 is 6.84. The summed E-state index contributed by atoms with van der Waals surface area (Å²) in [5.74, 6) is -0.301. The molecule has 1 amide bonds. The molecule has 2 heterocycles. The van der Waals surface area contributed by atoms with E-state index in [0.717, 1.165) is 0 Å². The second kappa shape index (κ2) is 7.63. The van der Waals surface area contributed by atoms with Gasteiger partial charge in [-0.2, -0.15) is 10.1 Å². The summed E-state index contributed by atoms with van der Waals surface area (Å²) in [6, 6.07) is 10.4. The number of carbonyl (C=O) groups excluding carboxylic acids is 2. The number of hydrogen-bond donors (Lipinski definition) is 2. The lowest BCUT2D eigenvalue weighted by Crippen LogP contribution is -2.25. The van der Waals surface area contributed by atoms with E-state index in [2.05, 4.69) is 25.6 Å². The number of hydrogen-bond acceptors (Lipinski definition) is 6. The zero-order chi connectivity index (χ0) is 20.3. The lowest BCUT2D eigenvalue weighted by molar-refractivity contribution is 0.00593. The van der Waals surface area contributed by atoms with Crippen LogP contribution in [0.2, 0.25) is 0 Å². The fraction of sp³-hybridized carbons (Fsp3) is 0.316. The summed E-state index contributed by atoms with van der Waals surface area (Å²) in [6.07, 6.45) is 0.661. The van der Waals surface area contributed by atoms with Crippen molar-refractivity contribution in [1.29, 1.82) is 0 Å². The van der Waals surface area contributed by atoms with Crippen LogP contribution in [0.15, 0.2) is 36.4 Å². The van der Waals surface area contributed by atoms with Gasteiger partial charge in [0, 0.05) is 12.5 Å². The Morgan fingerprint density at radius 1 is 1.21 bits per heavy atom. The number of para-hydroxylation sites is 1. The quantitative estimate of drug-likeness (QED) is 0.656. The standard InChI is InChI=1S/C19H22N6O3/c1-5-15-20-18(23-22-15)21-16(26)13-11-14(17(27)28-19(2,3)4)25(24-13)12-9-7-6-8-10-12/h6-11H,5H2,1-4H3,(H2,20,21,22,23,26). The number of ether oxygens (including phenoxy) is 1. The van der Waals surface area contributed by atoms with E-state index in [1.165, 1.54) is 10.7 Å². The van der Waals surface area contributed by atoms with Crippen LogP contribution in [-0.4, -0.2) is 42.4 Å². The van der Waals surface area contributed by atoms with E-state index in [1.54, 1.807) is 32.9 Å². The van der Waals surface area contributed by atoms with Crippen molar-refractivity contribution in [3.05, 3.63) is 53.6 Å². The van der Waals surface area contributed by atoms with Gasteiger partial charge in [0.05, 0.1) is 5.69 Å². The normalized spacial score (nSPS) is 11.3. The molecule has 0 saturated heterocycles. The summed E-state index contributed by atoms with van der Waals surface area (Å²) in [5, 5.41) is 13.5. The summed E-state index contributed by atoms with van der Waals surface area (Å²) in [4.78, 5) is 29.4. The molecule has 28 heavy (non-hydrogen) atoms. The third kappa shape index (κ3) is 4.43. The zero-order valence-corrected chi connectivity index (χ0v) is 16.2. The van der Waals surface area contributed by atoms with E-state index in [9.17, 15) is 9.59 Å². The number of aromatic nitrogens is 5. The number of nitrogens with one attached hydrogen (secondary N) is 2. The topological polar surface area (TPSA) is 115 Å². The van der Waals surface area contributed by atoms with Crippen LogP contribution >= 0.6 is 0 Å². The Kier molecular flexibility index (Phi) is 5.25. The van der Waals surface area contributed by atoms with E-state index in [0.29, 0.717) is 17.9 Å². The summed E-state index contributed by atoms with van der Waals surface area (Å²) in [6.45, 7) is 7.24. The van der Waals surface area contributed by atoms with Gasteiger partial charge in [-0.15, -0.1) is 5.10 Å². The molecule has 9 heteroatoms. The van der Waals surface area contributed by atoms with Crippen molar-refractivity contribution in [2.75, 3.05) is 5.32 Å². The van der Waals surface area contributed by atoms with Crippen molar-refractivity contribution >= 4 is 17.8 Å². The Labute approximate surface area is 162 Å². The van der Waals surface area contributed by atoms with Crippen molar-refractivity contribution in [3.8, 4) is 5.69 Å². The average Bonchev–Trinajstić information content (AvgIpc) is 3.28. The molecule has 0 aliphatic rings. The van der Waals surface area contributed by atoms with Crippen LogP contribution in [0.5, 0.6) is 0 Å². The maximum Gasteiger partial charge on any atom is 0.357 e. The number of benzene rings is 1. The molecule has 0 aliphatic carbocycles. The van der Waals surface area contributed by atoms with Gasteiger partial charge in [0.2, 0.25) is 5.95 Å². The Balaban J connectivity index is 1.94. The lowest BCUT2D eigenvalue weighted by Gasteiger charge is -2.19. The minimum absolute atomic E-state index is 0.0487. The number of rotatable bonds is 5. The van der Waals surface area contributed by atoms with Gasteiger partial charge < -0.3 is 4.74 Å². The van der Waals surface area contributed by atoms with Crippen molar-refractivity contribution in [3.63, 3.8) is 0 Å². The van der Waals surface area contributed by atoms with Gasteiger partial charge in [-0.1, -0.05) is 25.1 Å². The predicted molar refractivity (Wildman–Crippen MR) is 102 cm³/mol. The van der Waals surface area contributed by atoms with Gasteiger partial charge in [0.25, 0.3) is 5.91 Å². The van der Waals surface area contributed by atoms with Crippen LogP contribution in [0, 0.1) is 0 Å². The number of aryl methyl sites for hydroxylation is 1. The molecule has 3 aromatic rings. The van der Waals surface area contributed by atoms with Gasteiger partial charge in [-0.25, -0.2) is 9.48 Å². The molecule has 0 unspecified atom stereocenters. The highest BCUT2D eigenvalue weighted by atomic mass is 16.6. The van der Waals surface area contributed by atoms with Gasteiger partial charge in [0.1, 0.15) is 11.4 Å². The first kappa shape index (κ1) is 19.3. The van der Waals surface area contributed by atoms with E-state index in [1.807, 2.05) is 25.1 Å². The molecule has 0 bridgehead atoms. The van der Waals surface area contributed by atoms with Crippen LogP contribution in [0.1, 0.15) is 54.5 Å². The van der Waals surface area contributed by atoms with E-state index < -0.39 is 17.5 Å². The second-order valence-electron chi connectivity index (χ2n) is 7.08. The molecule has 2 N–H and O–H groups in total. The van der Waals surface area contributed by atoms with E-state index in [-0.39, 0.29) is 17.3 Å². The van der Waals surface area contributed by atoms with Crippen molar-refractivity contribution in [2.45, 2.75) is 39.7 Å². The predicted octanol–water partition coefficient (Wildman–Crippen LogP) is 2.76. The van der Waals surface area contributed by atoms with Crippen LogP contribution in [0.3, 0.4) is 0 Å². The highest BCUT2D eigenvalue weighted by molar-refractivity contribution is 6.03. The lowest BCUT2D eigenvalue weighted by atomic mass is 10.2. The SMILES string of the molecule is CCc1nc(NC(=O)c2cc(C(=O)OC(C)(C)C)n(-c3ccccc3)n2)n[nH]1. The average molecular weight is 382 g/mol. The van der Waals surface area contributed by atoms with E-state index >= 15 is 0 Å². The Morgan fingerprint density at radius 3 is 2.54 bits per heavy atom. The summed E-state index contributed by atoms with van der Waals surface area (Å²) in [5.41, 5.74) is 0.150. The third-order valence-corrected chi connectivity index (χ3v) is 3.64. The van der Waals surface area contributed by atoms with Crippen molar-refractivity contribution in [2.24, 2.45) is 0 Å². The first-order valence-corrected chi connectivity index (χ1v) is 8.88. The number of esters is 1. The molecule has 2 aromatic heterocycles. The van der Waals surface area contributed by atoms with Gasteiger partial charge in [-0.3, -0.25) is 15.2 Å². The van der Waals surface area contributed by atoms with Crippen LogP contribution < -0.4 is 5.32 Å². The van der Waals surface area contributed by atoms with Crippen LogP contribution in [-0.2, 0) is 11.2 Å². The van der Waals surface area contributed by atoms with Gasteiger partial charge in [0.15, 0.2) is 11.4 Å². The molecular formula is C19H22N6O3. The monoisotopic (exact) mass is 382 g/mol. The number of carbonyl (C=O) groups is 2. The molecule has 0 atom stereocenters. The Bertz CT molecular complexity index is 985. The molecule has 0 spiro atoms. The fourth-order valence-electron chi connectivity index (χ4n) is 2.41. The number of nitrogens with zero attached hydrogens (tertiary/aromatic N) is 4. The molecule has 3 rings (SSSR count). The molecule has 0 fully saturated rings. The van der Waals surface area contributed by atoms with Gasteiger partial charge in [-0.05, 0) is 32.9 Å². The molecule has 146 valence electrons. The third-order valence-electron chi connectivity index (χ3n) is 3.64. The molecule has 0 radical (unpaired) electrons. The molecular weight excluding hydrogens is 360 g/mol. The Morgan fingerprint density at radius 2 is 1.93 bits per heavy atom. The minimum Gasteiger partial charge on any atom is -0.455 e. The number of aromatic amines is 1. The van der Waals surface area contributed by atoms with Crippen molar-refractivity contribution in [1.82, 2.24) is 25.0 Å². The molecule has 9 nitrogen and oxygen atoms in total. The number of anilines is 1. The maximum absolute atomic E-state index is 12.6. The van der Waals surface area contributed by atoms with E-state index in [4.69, 9.17) is 4.74 Å². The highest BCUT2D eigenvalue weighted by Gasteiger charge is 2.25. The van der Waals surface area contributed by atoms with Crippen molar-refractivity contribution < 1.29 is 14.3 Å². The fourth-order valence-corrected chi connectivity index (χ4v) is 2.41. The minimum atomic E-state index is -0.680. The van der Waals surface area contributed by atoms with Crippen LogP contribution in [0.25, 0.3) is 5.69 Å². The maximum atomic E-state index is 12.6. The number of H-pyrrole nitrogens is 1. The van der Waals surface area contributed by atoms with Gasteiger partial charge >= 0.3 is 5.97 Å². The van der Waals surface area contributed by atoms with Crippen LogP contribution in [0.4, 0.5) is 5.95 Å². The largest absolute Gasteiger partial charge is 0.455 e. The molecule has 0 saturated carbocycles.